The third kappa shape index (κ3) is 4.24. The second-order valence-corrected chi connectivity index (χ2v) is 6.92. The highest BCUT2D eigenvalue weighted by atomic mass is 16.5. The molecule has 2 aromatic rings. The van der Waals surface area contributed by atoms with Crippen LogP contribution in [-0.2, 0) is 0 Å². The fourth-order valence-electron chi connectivity index (χ4n) is 3.31. The number of carbonyl (C=O) groups is 1. The molecule has 0 bridgehead atoms. The minimum absolute atomic E-state index is 0.178. The van der Waals surface area contributed by atoms with Crippen LogP contribution in [0.1, 0.15) is 12.8 Å². The number of urea groups is 1. The lowest BCUT2D eigenvalue weighted by atomic mass is 10.2. The van der Waals surface area contributed by atoms with Crippen LogP contribution in [0.4, 0.5) is 22.0 Å². The number of methoxy groups -OCH3 is 1. The number of aromatic nitrogens is 1. The van der Waals surface area contributed by atoms with Gasteiger partial charge in [-0.05, 0) is 37.1 Å². The summed E-state index contributed by atoms with van der Waals surface area (Å²) < 4.78 is 5.48. The number of piperazine rings is 1. The van der Waals surface area contributed by atoms with Crippen LogP contribution < -0.4 is 25.2 Å². The maximum Gasteiger partial charge on any atom is 0.320 e. The Balaban J connectivity index is 1.33. The lowest BCUT2D eigenvalue weighted by Gasteiger charge is -2.37. The van der Waals surface area contributed by atoms with Crippen molar-refractivity contribution >= 4 is 23.2 Å². The maximum atomic E-state index is 11.8. The number of amides is 2. The Kier molecular flexibility index (Phi) is 5.00. The van der Waals surface area contributed by atoms with E-state index < -0.39 is 0 Å². The zero-order valence-electron chi connectivity index (χ0n) is 15.5. The zero-order valence-corrected chi connectivity index (χ0v) is 15.5. The smallest absolute Gasteiger partial charge is 0.320 e. The molecule has 2 aliphatic rings. The fraction of sp³-hybridized carbons (Fsp3) is 0.400. The number of carbonyl (C=O) groups excluding carboxylic acids is 1. The largest absolute Gasteiger partial charge is 0.495 e. The van der Waals surface area contributed by atoms with Crippen LogP contribution in [0.5, 0.6) is 5.75 Å². The van der Waals surface area contributed by atoms with Gasteiger partial charge in [-0.1, -0.05) is 12.1 Å². The van der Waals surface area contributed by atoms with Gasteiger partial charge in [0.1, 0.15) is 11.6 Å². The number of hydrogen-bond donors (Lipinski definition) is 2. The molecule has 7 heteroatoms. The SMILES string of the molecule is COc1ccccc1N1CCN(c2ccc(NC(=O)NC3CC3)nc2)CC1. The Bertz CT molecular complexity index is 783. The topological polar surface area (TPSA) is 69.7 Å². The molecule has 1 saturated heterocycles. The molecular weight excluding hydrogens is 342 g/mol. The monoisotopic (exact) mass is 367 g/mol. The Morgan fingerprint density at radius 2 is 1.81 bits per heavy atom. The number of para-hydroxylation sites is 2. The van der Waals surface area contributed by atoms with Crippen LogP contribution in [0.25, 0.3) is 0 Å². The van der Waals surface area contributed by atoms with Crippen LogP contribution in [0.2, 0.25) is 0 Å². The number of pyridine rings is 1. The molecule has 27 heavy (non-hydrogen) atoms. The lowest BCUT2D eigenvalue weighted by Crippen LogP contribution is -2.46. The summed E-state index contributed by atoms with van der Waals surface area (Å²) in [7, 11) is 1.71. The molecule has 0 unspecified atom stereocenters. The van der Waals surface area contributed by atoms with Gasteiger partial charge in [0.05, 0.1) is 24.7 Å². The quantitative estimate of drug-likeness (QED) is 0.850. The molecule has 1 aromatic heterocycles. The molecule has 1 aliphatic carbocycles. The molecule has 2 heterocycles. The van der Waals surface area contributed by atoms with E-state index in [9.17, 15) is 4.79 Å². The summed E-state index contributed by atoms with van der Waals surface area (Å²) >= 11 is 0. The van der Waals surface area contributed by atoms with Crippen molar-refractivity contribution in [2.75, 3.05) is 48.4 Å². The lowest BCUT2D eigenvalue weighted by molar-refractivity contribution is 0.251. The van der Waals surface area contributed by atoms with E-state index in [0.29, 0.717) is 11.9 Å². The maximum absolute atomic E-state index is 11.8. The molecule has 0 radical (unpaired) electrons. The number of nitrogens with zero attached hydrogens (tertiary/aromatic N) is 3. The Hall–Kier alpha value is -2.96. The van der Waals surface area contributed by atoms with E-state index in [0.717, 1.165) is 56.1 Å². The van der Waals surface area contributed by atoms with Crippen molar-refractivity contribution in [3.05, 3.63) is 42.6 Å². The van der Waals surface area contributed by atoms with Gasteiger partial charge >= 0.3 is 6.03 Å². The predicted octanol–water partition coefficient (Wildman–Crippen LogP) is 2.70. The fourth-order valence-corrected chi connectivity index (χ4v) is 3.31. The van der Waals surface area contributed by atoms with Gasteiger partial charge in [-0.3, -0.25) is 5.32 Å². The minimum Gasteiger partial charge on any atom is -0.495 e. The molecule has 7 nitrogen and oxygen atoms in total. The summed E-state index contributed by atoms with van der Waals surface area (Å²) in [6, 6.07) is 12.2. The summed E-state index contributed by atoms with van der Waals surface area (Å²) in [5.41, 5.74) is 2.21. The highest BCUT2D eigenvalue weighted by molar-refractivity contribution is 5.88. The summed E-state index contributed by atoms with van der Waals surface area (Å²) in [6.07, 6.45) is 3.97. The first kappa shape index (κ1) is 17.5. The molecule has 1 aliphatic heterocycles. The first-order valence-corrected chi connectivity index (χ1v) is 9.39. The van der Waals surface area contributed by atoms with Crippen molar-refractivity contribution in [3.8, 4) is 5.75 Å². The van der Waals surface area contributed by atoms with Crippen LogP contribution >= 0.6 is 0 Å². The van der Waals surface area contributed by atoms with Crippen LogP contribution in [-0.4, -0.2) is 50.3 Å². The van der Waals surface area contributed by atoms with E-state index in [2.05, 4.69) is 31.5 Å². The van der Waals surface area contributed by atoms with E-state index >= 15 is 0 Å². The van der Waals surface area contributed by atoms with Crippen molar-refractivity contribution < 1.29 is 9.53 Å². The van der Waals surface area contributed by atoms with Gasteiger partial charge in [-0.25, -0.2) is 9.78 Å². The molecule has 142 valence electrons. The van der Waals surface area contributed by atoms with E-state index in [4.69, 9.17) is 4.74 Å². The van der Waals surface area contributed by atoms with Gasteiger partial charge in [0.25, 0.3) is 0 Å². The van der Waals surface area contributed by atoms with Crippen molar-refractivity contribution in [3.63, 3.8) is 0 Å². The minimum atomic E-state index is -0.178. The van der Waals surface area contributed by atoms with E-state index in [1.54, 1.807) is 7.11 Å². The van der Waals surface area contributed by atoms with Crippen LogP contribution in [0, 0.1) is 0 Å². The van der Waals surface area contributed by atoms with Crippen molar-refractivity contribution in [2.24, 2.45) is 0 Å². The number of nitrogens with one attached hydrogen (secondary N) is 2. The van der Waals surface area contributed by atoms with Crippen LogP contribution in [0.3, 0.4) is 0 Å². The molecule has 0 spiro atoms. The molecule has 2 amide bonds. The summed E-state index contributed by atoms with van der Waals surface area (Å²) in [5, 5.41) is 5.68. The second-order valence-electron chi connectivity index (χ2n) is 6.92. The van der Waals surface area contributed by atoms with E-state index in [1.807, 2.05) is 36.5 Å². The second kappa shape index (κ2) is 7.73. The molecule has 0 atom stereocenters. The molecular formula is C20H25N5O2. The molecule has 2 fully saturated rings. The number of ether oxygens (including phenoxy) is 1. The standard InChI is InChI=1S/C20H25N5O2/c1-27-18-5-3-2-4-17(18)25-12-10-24(11-13-25)16-8-9-19(21-14-16)23-20(26)22-15-6-7-15/h2-5,8-9,14-15H,6-7,10-13H2,1H3,(H2,21,22,23,26). The first-order chi connectivity index (χ1) is 13.2. The summed E-state index contributed by atoms with van der Waals surface area (Å²) in [6.45, 7) is 3.66. The average Bonchev–Trinajstić information content (AvgIpc) is 3.52. The highest BCUT2D eigenvalue weighted by Gasteiger charge is 2.23. The van der Waals surface area contributed by atoms with Crippen molar-refractivity contribution in [1.82, 2.24) is 10.3 Å². The first-order valence-electron chi connectivity index (χ1n) is 9.39. The van der Waals surface area contributed by atoms with Crippen molar-refractivity contribution in [1.29, 1.82) is 0 Å². The predicted molar refractivity (Wildman–Crippen MR) is 107 cm³/mol. The van der Waals surface area contributed by atoms with Gasteiger partial charge in [-0.15, -0.1) is 0 Å². The van der Waals surface area contributed by atoms with Gasteiger partial charge < -0.3 is 19.9 Å². The third-order valence-corrected chi connectivity index (χ3v) is 4.97. The number of rotatable bonds is 5. The van der Waals surface area contributed by atoms with Gasteiger partial charge in [0, 0.05) is 32.2 Å². The normalized spacial score (nSPS) is 16.8. The molecule has 1 saturated carbocycles. The van der Waals surface area contributed by atoms with E-state index in [1.165, 1.54) is 0 Å². The molecule has 1 aromatic carbocycles. The number of hydrogen-bond acceptors (Lipinski definition) is 5. The highest BCUT2D eigenvalue weighted by Crippen LogP contribution is 2.29. The Labute approximate surface area is 159 Å². The third-order valence-electron chi connectivity index (χ3n) is 4.97. The zero-order chi connectivity index (χ0) is 18.6. The van der Waals surface area contributed by atoms with Gasteiger partial charge in [0.2, 0.25) is 0 Å². The van der Waals surface area contributed by atoms with Crippen LogP contribution in [0.15, 0.2) is 42.6 Å². The van der Waals surface area contributed by atoms with Gasteiger partial charge in [0.15, 0.2) is 0 Å². The Morgan fingerprint density at radius 1 is 1.07 bits per heavy atom. The van der Waals surface area contributed by atoms with E-state index in [-0.39, 0.29) is 6.03 Å². The van der Waals surface area contributed by atoms with Crippen molar-refractivity contribution in [2.45, 2.75) is 18.9 Å². The molecule has 2 N–H and O–H groups in total. The Morgan fingerprint density at radius 3 is 2.48 bits per heavy atom. The summed E-state index contributed by atoms with van der Waals surface area (Å²) in [5.74, 6) is 1.48. The number of benzene rings is 1. The van der Waals surface area contributed by atoms with Gasteiger partial charge in [-0.2, -0.15) is 0 Å². The summed E-state index contributed by atoms with van der Waals surface area (Å²) in [4.78, 5) is 20.8. The number of anilines is 3. The molecule has 4 rings (SSSR count). The average molecular weight is 367 g/mol.